The number of aryl methyl sites for hydroxylation is 1. The summed E-state index contributed by atoms with van der Waals surface area (Å²) in [5, 5.41) is 2.19. The van der Waals surface area contributed by atoms with Crippen molar-refractivity contribution in [2.45, 2.75) is 20.1 Å². The van der Waals surface area contributed by atoms with Gasteiger partial charge in [-0.25, -0.2) is 0 Å². The topological polar surface area (TPSA) is 9.23 Å². The molecule has 1 aromatic heterocycles. The second-order valence-corrected chi connectivity index (χ2v) is 3.37. The molecule has 1 aliphatic rings. The van der Waals surface area contributed by atoms with Gasteiger partial charge in [0.15, 0.2) is 0 Å². The van der Waals surface area contributed by atoms with E-state index in [1.165, 1.54) is 16.0 Å². The van der Waals surface area contributed by atoms with Gasteiger partial charge >= 0.3 is 0 Å². The molecule has 0 fully saturated rings. The quantitative estimate of drug-likeness (QED) is 0.536. The fraction of sp³-hybridized carbons (Fsp3) is 0.429. The average molecular weight is 140 g/mol. The summed E-state index contributed by atoms with van der Waals surface area (Å²) in [6, 6.07) is 0. The smallest absolute Gasteiger partial charge is 0.0735 e. The van der Waals surface area contributed by atoms with Crippen LogP contribution in [-0.4, -0.2) is 0 Å². The average Bonchev–Trinajstić information content (AvgIpc) is 2.35. The lowest BCUT2D eigenvalue weighted by Crippen LogP contribution is -1.76. The van der Waals surface area contributed by atoms with E-state index in [1.54, 1.807) is 0 Å². The van der Waals surface area contributed by atoms with Gasteiger partial charge < -0.3 is 4.74 Å². The molecule has 0 amide bonds. The van der Waals surface area contributed by atoms with Crippen LogP contribution in [0.15, 0.2) is 5.38 Å². The summed E-state index contributed by atoms with van der Waals surface area (Å²) < 4.78 is 5.24. The highest BCUT2D eigenvalue weighted by Crippen LogP contribution is 2.27. The summed E-state index contributed by atoms with van der Waals surface area (Å²) in [7, 11) is 0. The molecule has 48 valence electrons. The Morgan fingerprint density at radius 2 is 2.44 bits per heavy atom. The Hall–Kier alpha value is -0.340. The lowest BCUT2D eigenvalue weighted by molar-refractivity contribution is 0.134. The van der Waals surface area contributed by atoms with Crippen molar-refractivity contribution in [3.63, 3.8) is 0 Å². The zero-order valence-corrected chi connectivity index (χ0v) is 6.12. The summed E-state index contributed by atoms with van der Waals surface area (Å²) in [6.07, 6.45) is 0. The van der Waals surface area contributed by atoms with Crippen LogP contribution in [0.4, 0.5) is 0 Å². The van der Waals surface area contributed by atoms with Crippen LogP contribution in [-0.2, 0) is 18.0 Å². The van der Waals surface area contributed by atoms with E-state index in [2.05, 4.69) is 12.3 Å². The number of hydrogen-bond acceptors (Lipinski definition) is 2. The van der Waals surface area contributed by atoms with Crippen molar-refractivity contribution in [3.05, 3.63) is 21.4 Å². The molecule has 0 atom stereocenters. The van der Waals surface area contributed by atoms with Crippen molar-refractivity contribution in [1.82, 2.24) is 0 Å². The monoisotopic (exact) mass is 140 g/mol. The highest BCUT2D eigenvalue weighted by molar-refractivity contribution is 7.10. The Bertz CT molecular complexity index is 227. The number of fused-ring (bicyclic) bond motifs is 1. The molecule has 2 heteroatoms. The Kier molecular flexibility index (Phi) is 1.10. The van der Waals surface area contributed by atoms with Crippen LogP contribution in [0.1, 0.15) is 16.0 Å². The highest BCUT2D eigenvalue weighted by atomic mass is 32.1. The molecule has 2 heterocycles. The minimum absolute atomic E-state index is 0.833. The lowest BCUT2D eigenvalue weighted by atomic mass is 10.2. The van der Waals surface area contributed by atoms with Crippen molar-refractivity contribution >= 4 is 11.3 Å². The van der Waals surface area contributed by atoms with Gasteiger partial charge in [0.1, 0.15) is 0 Å². The van der Waals surface area contributed by atoms with Crippen LogP contribution in [0, 0.1) is 6.92 Å². The third kappa shape index (κ3) is 0.705. The van der Waals surface area contributed by atoms with Gasteiger partial charge in [0.2, 0.25) is 0 Å². The van der Waals surface area contributed by atoms with E-state index >= 15 is 0 Å². The van der Waals surface area contributed by atoms with Crippen molar-refractivity contribution < 1.29 is 4.74 Å². The summed E-state index contributed by atoms with van der Waals surface area (Å²) >= 11 is 1.83. The maximum Gasteiger partial charge on any atom is 0.0735 e. The molecular weight excluding hydrogens is 132 g/mol. The summed E-state index contributed by atoms with van der Waals surface area (Å²) in [4.78, 5) is 1.42. The normalized spacial score (nSPS) is 16.1. The molecule has 0 aromatic carbocycles. The lowest BCUT2D eigenvalue weighted by Gasteiger charge is -1.87. The molecule has 0 saturated heterocycles. The van der Waals surface area contributed by atoms with E-state index in [0.717, 1.165) is 13.2 Å². The van der Waals surface area contributed by atoms with Crippen LogP contribution in [0.25, 0.3) is 0 Å². The minimum atomic E-state index is 0.833. The Morgan fingerprint density at radius 1 is 1.56 bits per heavy atom. The predicted octanol–water partition coefficient (Wildman–Crippen LogP) is 2.09. The van der Waals surface area contributed by atoms with Crippen LogP contribution in [0.3, 0.4) is 0 Å². The molecule has 9 heavy (non-hydrogen) atoms. The Morgan fingerprint density at radius 3 is 3.22 bits per heavy atom. The fourth-order valence-electron chi connectivity index (χ4n) is 1.11. The molecule has 0 bridgehead atoms. The zero-order valence-electron chi connectivity index (χ0n) is 5.31. The van der Waals surface area contributed by atoms with Crippen LogP contribution in [0.2, 0.25) is 0 Å². The highest BCUT2D eigenvalue weighted by Gasteiger charge is 2.13. The number of ether oxygens (including phenoxy) is 1. The van der Waals surface area contributed by atoms with Gasteiger partial charge in [-0.1, -0.05) is 0 Å². The third-order valence-corrected chi connectivity index (χ3v) is 2.70. The predicted molar refractivity (Wildman–Crippen MR) is 37.5 cm³/mol. The SMILES string of the molecule is Cc1scc2c1COC2. The number of rotatable bonds is 0. The second kappa shape index (κ2) is 1.82. The zero-order chi connectivity index (χ0) is 6.27. The molecule has 2 rings (SSSR count). The van der Waals surface area contributed by atoms with Crippen LogP contribution >= 0.6 is 11.3 Å². The molecule has 0 spiro atoms. The van der Waals surface area contributed by atoms with E-state index in [4.69, 9.17) is 4.74 Å². The molecule has 1 aliphatic heterocycles. The molecule has 0 radical (unpaired) electrons. The van der Waals surface area contributed by atoms with Crippen LogP contribution < -0.4 is 0 Å². The van der Waals surface area contributed by atoms with E-state index < -0.39 is 0 Å². The maximum atomic E-state index is 5.24. The largest absolute Gasteiger partial charge is 0.372 e. The van der Waals surface area contributed by atoms with Gasteiger partial charge in [0, 0.05) is 4.88 Å². The van der Waals surface area contributed by atoms with Gasteiger partial charge in [-0.05, 0) is 23.4 Å². The molecule has 1 aromatic rings. The van der Waals surface area contributed by atoms with Crippen molar-refractivity contribution in [2.75, 3.05) is 0 Å². The first-order chi connectivity index (χ1) is 4.38. The van der Waals surface area contributed by atoms with Crippen LogP contribution in [0.5, 0.6) is 0 Å². The first kappa shape index (κ1) is 5.45. The summed E-state index contributed by atoms with van der Waals surface area (Å²) in [6.45, 7) is 3.82. The minimum Gasteiger partial charge on any atom is -0.372 e. The maximum absolute atomic E-state index is 5.24. The van der Waals surface area contributed by atoms with Gasteiger partial charge in [-0.3, -0.25) is 0 Å². The van der Waals surface area contributed by atoms with E-state index in [1.807, 2.05) is 11.3 Å². The van der Waals surface area contributed by atoms with E-state index in [-0.39, 0.29) is 0 Å². The van der Waals surface area contributed by atoms with Gasteiger partial charge in [-0.15, -0.1) is 11.3 Å². The van der Waals surface area contributed by atoms with E-state index in [9.17, 15) is 0 Å². The second-order valence-electron chi connectivity index (χ2n) is 2.29. The molecular formula is C7H8OS. The Balaban J connectivity index is 2.56. The molecule has 1 nitrogen and oxygen atoms in total. The van der Waals surface area contributed by atoms with E-state index in [0.29, 0.717) is 0 Å². The number of hydrogen-bond donors (Lipinski definition) is 0. The first-order valence-electron chi connectivity index (χ1n) is 3.01. The molecule has 0 N–H and O–H groups in total. The summed E-state index contributed by atoms with van der Waals surface area (Å²) in [5.41, 5.74) is 2.83. The molecule has 0 saturated carbocycles. The van der Waals surface area contributed by atoms with Gasteiger partial charge in [0.05, 0.1) is 13.2 Å². The molecule has 0 aliphatic carbocycles. The summed E-state index contributed by atoms with van der Waals surface area (Å²) in [5.74, 6) is 0. The van der Waals surface area contributed by atoms with Gasteiger partial charge in [-0.2, -0.15) is 0 Å². The first-order valence-corrected chi connectivity index (χ1v) is 3.89. The molecule has 0 unspecified atom stereocenters. The van der Waals surface area contributed by atoms with Gasteiger partial charge in [0.25, 0.3) is 0 Å². The van der Waals surface area contributed by atoms with Crippen molar-refractivity contribution in [2.24, 2.45) is 0 Å². The third-order valence-electron chi connectivity index (χ3n) is 1.69. The fourth-order valence-corrected chi connectivity index (χ4v) is 1.97. The number of thiophene rings is 1. The van der Waals surface area contributed by atoms with Crippen molar-refractivity contribution in [1.29, 1.82) is 0 Å². The van der Waals surface area contributed by atoms with Crippen molar-refractivity contribution in [3.8, 4) is 0 Å². The standard InChI is InChI=1S/C7H8OS/c1-5-7-3-8-2-6(7)4-9-5/h4H,2-3H2,1H3. The Labute approximate surface area is 58.3 Å².